The number of carbonyl (C=O) groups excluding carboxylic acids is 2. The predicted octanol–water partition coefficient (Wildman–Crippen LogP) is 1.88. The fourth-order valence-corrected chi connectivity index (χ4v) is 3.57. The van der Waals surface area contributed by atoms with Crippen LogP contribution in [0.25, 0.3) is 22.4 Å². The zero-order valence-electron chi connectivity index (χ0n) is 17.5. The molecule has 0 atom stereocenters. The molecule has 4 rings (SSSR count). The maximum absolute atomic E-state index is 13.2. The Balaban J connectivity index is 1.44. The lowest BCUT2D eigenvalue weighted by atomic mass is 10.1. The van der Waals surface area contributed by atoms with Crippen LogP contribution in [-0.2, 0) is 16.1 Å². The summed E-state index contributed by atoms with van der Waals surface area (Å²) < 4.78 is 24.7. The minimum Gasteiger partial charge on any atom is -0.450 e. The summed E-state index contributed by atoms with van der Waals surface area (Å²) in [5.74, 6) is -0.525. The average Bonchev–Trinajstić information content (AvgIpc) is 3.24. The lowest BCUT2D eigenvalue weighted by molar-refractivity contribution is -0.133. The number of hydrogen-bond acceptors (Lipinski definition) is 7. The van der Waals surface area contributed by atoms with Crippen LogP contribution in [-0.4, -0.2) is 69.3 Å². The third-order valence-electron chi connectivity index (χ3n) is 5.31. The molecule has 168 valence electrons. The summed E-state index contributed by atoms with van der Waals surface area (Å²) in [4.78, 5) is 44.7. The maximum atomic E-state index is 13.2. The smallest absolute Gasteiger partial charge is 0.409 e. The molecule has 2 aromatic heterocycles. The third kappa shape index (κ3) is 4.32. The summed E-state index contributed by atoms with van der Waals surface area (Å²) >= 11 is 0. The average molecular weight is 443 g/mol. The molecule has 3 heterocycles. The standard InChI is InChI=1S/C21H22FN5O5/c1-2-31-21(30)26-11-9-25(10-12-26)16(28)7-8-27-13-23-19-17(20(27)29)18(24-32-19)14-3-5-15(22)6-4-14/h3-6,13H,2,7-12H2,1H3. The van der Waals surface area contributed by atoms with Gasteiger partial charge in [-0.3, -0.25) is 14.2 Å². The highest BCUT2D eigenvalue weighted by atomic mass is 19.1. The Bertz CT molecular complexity index is 1180. The van der Waals surface area contributed by atoms with Crippen LogP contribution in [0.5, 0.6) is 0 Å². The number of benzene rings is 1. The number of aryl methyl sites for hydroxylation is 1. The lowest BCUT2D eigenvalue weighted by Crippen LogP contribution is -2.50. The van der Waals surface area contributed by atoms with E-state index in [2.05, 4.69) is 10.1 Å². The van der Waals surface area contributed by atoms with E-state index < -0.39 is 11.4 Å². The van der Waals surface area contributed by atoms with Crippen LogP contribution < -0.4 is 5.56 Å². The fourth-order valence-electron chi connectivity index (χ4n) is 3.57. The van der Waals surface area contributed by atoms with Gasteiger partial charge < -0.3 is 19.1 Å². The molecule has 0 spiro atoms. The van der Waals surface area contributed by atoms with Gasteiger partial charge in [0.25, 0.3) is 11.3 Å². The number of aromatic nitrogens is 3. The highest BCUT2D eigenvalue weighted by molar-refractivity contribution is 5.88. The van der Waals surface area contributed by atoms with Crippen molar-refractivity contribution < 1.29 is 23.2 Å². The molecule has 1 saturated heterocycles. The molecule has 10 nitrogen and oxygen atoms in total. The second-order valence-electron chi connectivity index (χ2n) is 7.28. The maximum Gasteiger partial charge on any atom is 0.409 e. The molecule has 0 saturated carbocycles. The van der Waals surface area contributed by atoms with E-state index in [9.17, 15) is 18.8 Å². The van der Waals surface area contributed by atoms with Crippen molar-refractivity contribution in [3.05, 3.63) is 46.8 Å². The lowest BCUT2D eigenvalue weighted by Gasteiger charge is -2.34. The van der Waals surface area contributed by atoms with Gasteiger partial charge >= 0.3 is 6.09 Å². The Kier molecular flexibility index (Phi) is 6.15. The fraction of sp³-hybridized carbons (Fsp3) is 0.381. The quantitative estimate of drug-likeness (QED) is 0.592. The van der Waals surface area contributed by atoms with Crippen LogP contribution in [0, 0.1) is 5.82 Å². The van der Waals surface area contributed by atoms with Gasteiger partial charge in [0.05, 0.1) is 6.61 Å². The van der Waals surface area contributed by atoms with Gasteiger partial charge in [-0.05, 0) is 31.2 Å². The first-order valence-electron chi connectivity index (χ1n) is 10.3. The van der Waals surface area contributed by atoms with E-state index in [-0.39, 0.29) is 41.8 Å². The van der Waals surface area contributed by atoms with Crippen LogP contribution in [0.2, 0.25) is 0 Å². The molecule has 0 aliphatic carbocycles. The monoisotopic (exact) mass is 443 g/mol. The van der Waals surface area contributed by atoms with E-state index in [0.717, 1.165) is 0 Å². The number of ether oxygens (including phenoxy) is 1. The van der Waals surface area contributed by atoms with Gasteiger partial charge in [-0.2, -0.15) is 0 Å². The van der Waals surface area contributed by atoms with Crippen molar-refractivity contribution in [2.75, 3.05) is 32.8 Å². The van der Waals surface area contributed by atoms with Crippen molar-refractivity contribution in [1.82, 2.24) is 24.5 Å². The molecular formula is C21H22FN5O5. The van der Waals surface area contributed by atoms with Crippen LogP contribution in [0.3, 0.4) is 0 Å². The number of piperazine rings is 1. The second kappa shape index (κ2) is 9.16. The normalized spacial score (nSPS) is 14.1. The first-order chi connectivity index (χ1) is 15.5. The molecule has 1 aromatic carbocycles. The number of carbonyl (C=O) groups is 2. The molecular weight excluding hydrogens is 421 g/mol. The summed E-state index contributed by atoms with van der Waals surface area (Å²) in [5, 5.41) is 4.08. The number of halogens is 1. The summed E-state index contributed by atoms with van der Waals surface area (Å²) in [6, 6.07) is 5.54. The van der Waals surface area contributed by atoms with Crippen LogP contribution in [0.4, 0.5) is 9.18 Å². The van der Waals surface area contributed by atoms with E-state index in [4.69, 9.17) is 9.26 Å². The van der Waals surface area contributed by atoms with E-state index in [1.54, 1.807) is 16.7 Å². The van der Waals surface area contributed by atoms with Crippen molar-refractivity contribution in [2.45, 2.75) is 19.9 Å². The number of rotatable bonds is 5. The van der Waals surface area contributed by atoms with Gasteiger partial charge in [0.2, 0.25) is 5.91 Å². The van der Waals surface area contributed by atoms with Gasteiger partial charge in [0.15, 0.2) is 0 Å². The van der Waals surface area contributed by atoms with Crippen molar-refractivity contribution in [2.24, 2.45) is 0 Å². The van der Waals surface area contributed by atoms with Crippen LogP contribution in [0.15, 0.2) is 39.9 Å². The molecule has 1 aliphatic heterocycles. The van der Waals surface area contributed by atoms with Gasteiger partial charge in [-0.1, -0.05) is 5.16 Å². The molecule has 2 amide bonds. The zero-order valence-corrected chi connectivity index (χ0v) is 17.5. The molecule has 1 fully saturated rings. The third-order valence-corrected chi connectivity index (χ3v) is 5.31. The highest BCUT2D eigenvalue weighted by Gasteiger charge is 2.25. The summed E-state index contributed by atoms with van der Waals surface area (Å²) in [7, 11) is 0. The largest absolute Gasteiger partial charge is 0.450 e. The summed E-state index contributed by atoms with van der Waals surface area (Å²) in [6.45, 7) is 3.80. The number of hydrogen-bond donors (Lipinski definition) is 0. The van der Waals surface area contributed by atoms with Crippen molar-refractivity contribution in [1.29, 1.82) is 0 Å². The first kappa shape index (κ1) is 21.5. The van der Waals surface area contributed by atoms with Crippen LogP contribution >= 0.6 is 0 Å². The van der Waals surface area contributed by atoms with Gasteiger partial charge in [0, 0.05) is 44.7 Å². The number of nitrogens with zero attached hydrogens (tertiary/aromatic N) is 5. The van der Waals surface area contributed by atoms with E-state index >= 15 is 0 Å². The first-order valence-corrected chi connectivity index (χ1v) is 10.3. The Morgan fingerprint density at radius 1 is 1.12 bits per heavy atom. The predicted molar refractivity (Wildman–Crippen MR) is 111 cm³/mol. The van der Waals surface area contributed by atoms with E-state index in [1.165, 1.54) is 35.2 Å². The van der Waals surface area contributed by atoms with Gasteiger partial charge in [-0.15, -0.1) is 0 Å². The summed E-state index contributed by atoms with van der Waals surface area (Å²) in [5.41, 5.74) is 0.480. The molecule has 0 radical (unpaired) electrons. The highest BCUT2D eigenvalue weighted by Crippen LogP contribution is 2.24. The van der Waals surface area contributed by atoms with E-state index in [0.29, 0.717) is 38.3 Å². The van der Waals surface area contributed by atoms with Crippen molar-refractivity contribution in [3.8, 4) is 11.3 Å². The summed E-state index contributed by atoms with van der Waals surface area (Å²) in [6.07, 6.45) is 1.04. The SMILES string of the molecule is CCOC(=O)N1CCN(C(=O)CCn2cnc3onc(-c4ccc(F)cc4)c3c2=O)CC1. The Morgan fingerprint density at radius 2 is 1.81 bits per heavy atom. The Hall–Kier alpha value is -3.76. The second-order valence-corrected chi connectivity index (χ2v) is 7.28. The Morgan fingerprint density at radius 3 is 2.50 bits per heavy atom. The molecule has 32 heavy (non-hydrogen) atoms. The zero-order chi connectivity index (χ0) is 22.7. The van der Waals surface area contributed by atoms with Gasteiger partial charge in [0.1, 0.15) is 23.2 Å². The molecule has 11 heteroatoms. The number of amides is 2. The minimum absolute atomic E-state index is 0.0759. The van der Waals surface area contributed by atoms with Crippen molar-refractivity contribution >= 4 is 23.1 Å². The molecule has 0 N–H and O–H groups in total. The van der Waals surface area contributed by atoms with Gasteiger partial charge in [-0.25, -0.2) is 14.2 Å². The van der Waals surface area contributed by atoms with Crippen LogP contribution in [0.1, 0.15) is 13.3 Å². The molecule has 3 aromatic rings. The van der Waals surface area contributed by atoms with Crippen molar-refractivity contribution in [3.63, 3.8) is 0 Å². The van der Waals surface area contributed by atoms with E-state index in [1.807, 2.05) is 0 Å². The molecule has 1 aliphatic rings. The Labute approximate surface area is 182 Å². The minimum atomic E-state index is -0.404. The topological polar surface area (TPSA) is 111 Å². The number of fused-ring (bicyclic) bond motifs is 1. The molecule has 0 unspecified atom stereocenters. The molecule has 0 bridgehead atoms.